The lowest BCUT2D eigenvalue weighted by molar-refractivity contribution is 0.207. The van der Waals surface area contributed by atoms with Crippen molar-refractivity contribution in [2.24, 2.45) is 11.8 Å². The molecule has 2 unspecified atom stereocenters. The van der Waals surface area contributed by atoms with Crippen molar-refractivity contribution in [3.63, 3.8) is 0 Å². The van der Waals surface area contributed by atoms with Crippen LogP contribution in [0, 0.1) is 25.7 Å². The molecule has 0 bridgehead atoms. The van der Waals surface area contributed by atoms with Crippen molar-refractivity contribution in [1.82, 2.24) is 15.1 Å². The lowest BCUT2D eigenvalue weighted by Crippen LogP contribution is -2.24. The zero-order valence-electron chi connectivity index (χ0n) is 13.4. The first-order valence-corrected chi connectivity index (χ1v) is 8.32. The third kappa shape index (κ3) is 2.93. The Hall–Kier alpha value is -0.830. The van der Waals surface area contributed by atoms with Gasteiger partial charge in [-0.3, -0.25) is 4.68 Å². The minimum Gasteiger partial charge on any atom is -0.310 e. The zero-order chi connectivity index (χ0) is 14.3. The molecule has 0 saturated heterocycles. The average Bonchev–Trinajstić information content (AvgIpc) is 3.14. The Bertz CT molecular complexity index is 463. The molecule has 1 aromatic heterocycles. The van der Waals surface area contributed by atoms with E-state index >= 15 is 0 Å². The van der Waals surface area contributed by atoms with Gasteiger partial charge in [0, 0.05) is 23.8 Å². The zero-order valence-corrected chi connectivity index (χ0v) is 13.4. The van der Waals surface area contributed by atoms with Crippen LogP contribution in [0.2, 0.25) is 0 Å². The number of aromatic nitrogens is 2. The Kier molecular flexibility index (Phi) is 3.89. The second-order valence-corrected chi connectivity index (χ2v) is 7.32. The smallest absolute Gasteiger partial charge is 0.0641 e. The molecule has 0 aromatic carbocycles. The van der Waals surface area contributed by atoms with E-state index in [9.17, 15) is 0 Å². The summed E-state index contributed by atoms with van der Waals surface area (Å²) in [5, 5.41) is 8.51. The second-order valence-electron chi connectivity index (χ2n) is 7.32. The van der Waals surface area contributed by atoms with Gasteiger partial charge in [-0.1, -0.05) is 13.8 Å². The van der Waals surface area contributed by atoms with Crippen LogP contribution in [0.3, 0.4) is 0 Å². The van der Waals surface area contributed by atoms with Crippen molar-refractivity contribution in [3.05, 3.63) is 17.0 Å². The third-order valence-corrected chi connectivity index (χ3v) is 5.12. The molecule has 3 heteroatoms. The van der Waals surface area contributed by atoms with Gasteiger partial charge in [-0.05, 0) is 57.8 Å². The Morgan fingerprint density at radius 1 is 1.10 bits per heavy atom. The molecule has 1 heterocycles. The molecule has 3 nitrogen and oxygen atoms in total. The van der Waals surface area contributed by atoms with Crippen molar-refractivity contribution < 1.29 is 0 Å². The molecule has 0 radical (unpaired) electrons. The van der Waals surface area contributed by atoms with Crippen LogP contribution in [0.4, 0.5) is 0 Å². The van der Waals surface area contributed by atoms with E-state index in [2.05, 4.69) is 37.7 Å². The average molecular weight is 275 g/mol. The molecule has 0 spiro atoms. The van der Waals surface area contributed by atoms with E-state index < -0.39 is 0 Å². The fraction of sp³-hybridized carbons (Fsp3) is 0.824. The van der Waals surface area contributed by atoms with E-state index in [1.807, 2.05) is 0 Å². The maximum atomic E-state index is 4.88. The van der Waals surface area contributed by atoms with Crippen LogP contribution in [0.15, 0.2) is 0 Å². The van der Waals surface area contributed by atoms with Crippen LogP contribution in [-0.2, 0) is 6.54 Å². The molecule has 1 aromatic rings. The highest BCUT2D eigenvalue weighted by atomic mass is 15.3. The van der Waals surface area contributed by atoms with Crippen molar-refractivity contribution in [2.45, 2.75) is 78.4 Å². The molecule has 2 atom stereocenters. The SMILES string of the molecule is Cc1nn(C2CC(C)CC(C)C2)c(C)c1CNC1CC1. The number of rotatable bonds is 4. The van der Waals surface area contributed by atoms with E-state index in [4.69, 9.17) is 5.10 Å². The van der Waals surface area contributed by atoms with Crippen molar-refractivity contribution in [1.29, 1.82) is 0 Å². The highest BCUT2D eigenvalue weighted by Crippen LogP contribution is 2.37. The molecule has 1 N–H and O–H groups in total. The van der Waals surface area contributed by atoms with Gasteiger partial charge >= 0.3 is 0 Å². The topological polar surface area (TPSA) is 29.9 Å². The first-order chi connectivity index (χ1) is 9.54. The fourth-order valence-corrected chi connectivity index (χ4v) is 3.95. The fourth-order valence-electron chi connectivity index (χ4n) is 3.95. The number of aryl methyl sites for hydroxylation is 1. The predicted molar refractivity (Wildman–Crippen MR) is 82.8 cm³/mol. The number of nitrogens with one attached hydrogen (secondary N) is 1. The molecule has 2 fully saturated rings. The number of nitrogens with zero attached hydrogens (tertiary/aromatic N) is 2. The molecule has 3 rings (SSSR count). The van der Waals surface area contributed by atoms with Gasteiger partial charge in [0.05, 0.1) is 11.7 Å². The summed E-state index contributed by atoms with van der Waals surface area (Å²) in [7, 11) is 0. The van der Waals surface area contributed by atoms with E-state index in [0.717, 1.165) is 24.4 Å². The molecule has 0 amide bonds. The molecular weight excluding hydrogens is 246 g/mol. The van der Waals surface area contributed by atoms with Gasteiger partial charge in [-0.15, -0.1) is 0 Å². The first-order valence-electron chi connectivity index (χ1n) is 8.32. The lowest BCUT2D eigenvalue weighted by Gasteiger charge is -2.32. The largest absolute Gasteiger partial charge is 0.310 e. The molecule has 2 aliphatic carbocycles. The number of hydrogen-bond acceptors (Lipinski definition) is 2. The minimum absolute atomic E-state index is 0.613. The monoisotopic (exact) mass is 275 g/mol. The van der Waals surface area contributed by atoms with Crippen LogP contribution >= 0.6 is 0 Å². The standard InChI is InChI=1S/C17H29N3/c1-11-7-12(2)9-16(8-11)20-14(4)17(13(3)19-20)10-18-15-5-6-15/h11-12,15-16,18H,5-10H2,1-4H3. The third-order valence-electron chi connectivity index (χ3n) is 5.12. The van der Waals surface area contributed by atoms with Crippen molar-refractivity contribution in [3.8, 4) is 0 Å². The second kappa shape index (κ2) is 5.51. The van der Waals surface area contributed by atoms with E-state index in [0.29, 0.717) is 6.04 Å². The van der Waals surface area contributed by atoms with Crippen molar-refractivity contribution >= 4 is 0 Å². The van der Waals surface area contributed by atoms with Crippen LogP contribution in [0.5, 0.6) is 0 Å². The summed E-state index contributed by atoms with van der Waals surface area (Å²) < 4.78 is 2.34. The molecule has 2 aliphatic rings. The molecule has 112 valence electrons. The summed E-state index contributed by atoms with van der Waals surface area (Å²) in [5.74, 6) is 1.67. The van der Waals surface area contributed by atoms with Crippen LogP contribution in [0.25, 0.3) is 0 Å². The van der Waals surface area contributed by atoms with E-state index in [1.54, 1.807) is 0 Å². The Labute approximate surface area is 123 Å². The predicted octanol–water partition coefficient (Wildman–Crippen LogP) is 3.75. The van der Waals surface area contributed by atoms with Crippen LogP contribution < -0.4 is 5.32 Å². The Morgan fingerprint density at radius 2 is 1.75 bits per heavy atom. The van der Waals surface area contributed by atoms with Crippen LogP contribution in [-0.4, -0.2) is 15.8 Å². The van der Waals surface area contributed by atoms with Crippen molar-refractivity contribution in [2.75, 3.05) is 0 Å². The van der Waals surface area contributed by atoms with E-state index in [-0.39, 0.29) is 0 Å². The molecular formula is C17H29N3. The normalized spacial score (nSPS) is 30.7. The summed E-state index contributed by atoms with van der Waals surface area (Å²) in [4.78, 5) is 0. The van der Waals surface area contributed by atoms with Gasteiger partial charge in [-0.2, -0.15) is 5.10 Å². The summed E-state index contributed by atoms with van der Waals surface area (Å²) >= 11 is 0. The molecule has 2 saturated carbocycles. The van der Waals surface area contributed by atoms with Gasteiger partial charge in [0.1, 0.15) is 0 Å². The van der Waals surface area contributed by atoms with Gasteiger partial charge in [0.15, 0.2) is 0 Å². The highest BCUT2D eigenvalue weighted by Gasteiger charge is 2.28. The highest BCUT2D eigenvalue weighted by molar-refractivity contribution is 5.25. The summed E-state index contributed by atoms with van der Waals surface area (Å²) in [5.41, 5.74) is 4.05. The molecule has 0 aliphatic heterocycles. The number of hydrogen-bond donors (Lipinski definition) is 1. The van der Waals surface area contributed by atoms with Crippen LogP contribution in [0.1, 0.15) is 68.9 Å². The van der Waals surface area contributed by atoms with Gasteiger partial charge < -0.3 is 5.32 Å². The quantitative estimate of drug-likeness (QED) is 0.907. The summed E-state index contributed by atoms with van der Waals surface area (Å²) in [6.45, 7) is 10.2. The first kappa shape index (κ1) is 14.1. The maximum absolute atomic E-state index is 4.88. The maximum Gasteiger partial charge on any atom is 0.0641 e. The Morgan fingerprint density at radius 3 is 2.35 bits per heavy atom. The molecule has 20 heavy (non-hydrogen) atoms. The Balaban J connectivity index is 1.76. The minimum atomic E-state index is 0.613. The summed E-state index contributed by atoms with van der Waals surface area (Å²) in [6, 6.07) is 1.38. The lowest BCUT2D eigenvalue weighted by atomic mass is 9.80. The van der Waals surface area contributed by atoms with E-state index in [1.165, 1.54) is 49.1 Å². The van der Waals surface area contributed by atoms with Gasteiger partial charge in [0.25, 0.3) is 0 Å². The summed E-state index contributed by atoms with van der Waals surface area (Å²) in [6.07, 6.45) is 6.67. The van der Waals surface area contributed by atoms with Gasteiger partial charge in [0.2, 0.25) is 0 Å². The van der Waals surface area contributed by atoms with Gasteiger partial charge in [-0.25, -0.2) is 0 Å².